The third-order valence-corrected chi connectivity index (χ3v) is 3.90. The maximum absolute atomic E-state index is 12.0. The molecule has 2 rings (SSSR count). The third kappa shape index (κ3) is 6.36. The Bertz CT molecular complexity index is 811. The van der Waals surface area contributed by atoms with Gasteiger partial charge >= 0.3 is 0 Å². The number of amides is 2. The molecule has 0 spiro atoms. The van der Waals surface area contributed by atoms with Crippen LogP contribution in [0, 0.1) is 13.8 Å². The van der Waals surface area contributed by atoms with Gasteiger partial charge in [-0.15, -0.1) is 0 Å². The molecule has 0 atom stereocenters. The normalized spacial score (nSPS) is 11.0. The molecule has 0 aliphatic rings. The highest BCUT2D eigenvalue weighted by atomic mass is 16.2. The summed E-state index contributed by atoms with van der Waals surface area (Å²) in [5.41, 5.74) is 6.37. The molecule has 0 aliphatic carbocycles. The van der Waals surface area contributed by atoms with E-state index in [1.807, 2.05) is 68.5 Å². The second kappa shape index (κ2) is 9.93. The molecule has 0 saturated heterocycles. The average Bonchev–Trinajstić information content (AvgIpc) is 2.64. The monoisotopic (exact) mass is 349 g/mol. The molecule has 2 aromatic carbocycles. The second-order valence-corrected chi connectivity index (χ2v) is 5.88. The number of aryl methyl sites for hydroxylation is 1. The van der Waals surface area contributed by atoms with Gasteiger partial charge in [-0.25, -0.2) is 5.43 Å². The van der Waals surface area contributed by atoms with Crippen molar-refractivity contribution in [2.75, 3.05) is 5.32 Å². The van der Waals surface area contributed by atoms with E-state index in [0.717, 1.165) is 22.4 Å². The first-order chi connectivity index (χ1) is 12.6. The molecule has 0 aromatic heterocycles. The zero-order valence-electron chi connectivity index (χ0n) is 15.0. The molecule has 5 nitrogen and oxygen atoms in total. The second-order valence-electron chi connectivity index (χ2n) is 5.88. The van der Waals surface area contributed by atoms with E-state index in [0.29, 0.717) is 0 Å². The van der Waals surface area contributed by atoms with Gasteiger partial charge in [-0.3, -0.25) is 9.59 Å². The molecule has 2 N–H and O–H groups in total. The summed E-state index contributed by atoms with van der Waals surface area (Å²) in [5.74, 6) is -0.493. The average molecular weight is 349 g/mol. The van der Waals surface area contributed by atoms with Crippen LogP contribution in [0.15, 0.2) is 59.7 Å². The van der Waals surface area contributed by atoms with E-state index in [4.69, 9.17) is 0 Å². The van der Waals surface area contributed by atoms with Gasteiger partial charge in [-0.1, -0.05) is 48.5 Å². The highest BCUT2D eigenvalue weighted by molar-refractivity contribution is 5.94. The number of nitrogens with one attached hydrogen (secondary N) is 2. The van der Waals surface area contributed by atoms with Crippen molar-refractivity contribution in [1.82, 2.24) is 5.43 Å². The maximum atomic E-state index is 12.0. The van der Waals surface area contributed by atoms with Gasteiger partial charge in [0.1, 0.15) is 0 Å². The van der Waals surface area contributed by atoms with Crippen LogP contribution in [-0.2, 0) is 9.59 Å². The molecular weight excluding hydrogens is 326 g/mol. The molecule has 5 heteroatoms. The summed E-state index contributed by atoms with van der Waals surface area (Å²) in [6.45, 7) is 3.94. The number of rotatable bonds is 7. The summed E-state index contributed by atoms with van der Waals surface area (Å²) in [6.07, 6.45) is 5.31. The van der Waals surface area contributed by atoms with E-state index in [1.54, 1.807) is 6.08 Å². The highest BCUT2D eigenvalue weighted by Gasteiger charge is 2.08. The van der Waals surface area contributed by atoms with E-state index < -0.39 is 0 Å². The Morgan fingerprint density at radius 3 is 2.46 bits per heavy atom. The fourth-order valence-electron chi connectivity index (χ4n) is 2.25. The van der Waals surface area contributed by atoms with E-state index in [2.05, 4.69) is 15.8 Å². The number of hydrogen-bond acceptors (Lipinski definition) is 3. The van der Waals surface area contributed by atoms with Crippen molar-refractivity contribution in [2.45, 2.75) is 26.7 Å². The Morgan fingerprint density at radius 1 is 0.962 bits per heavy atom. The summed E-state index contributed by atoms with van der Waals surface area (Å²) >= 11 is 0. The fourth-order valence-corrected chi connectivity index (χ4v) is 2.25. The zero-order chi connectivity index (χ0) is 18.8. The van der Waals surface area contributed by atoms with Crippen molar-refractivity contribution in [3.8, 4) is 0 Å². The van der Waals surface area contributed by atoms with Crippen LogP contribution >= 0.6 is 0 Å². The lowest BCUT2D eigenvalue weighted by molar-refractivity contribution is -0.124. The quantitative estimate of drug-likeness (QED) is 0.589. The smallest absolute Gasteiger partial charge is 0.240 e. The minimum Gasteiger partial charge on any atom is -0.326 e. The molecule has 0 radical (unpaired) electrons. The number of hydrazone groups is 1. The molecule has 0 aliphatic heterocycles. The molecular formula is C21H23N3O2. The number of nitrogens with zero attached hydrogens (tertiary/aromatic N) is 1. The lowest BCUT2D eigenvalue weighted by atomic mass is 10.1. The molecule has 2 aromatic rings. The molecule has 0 unspecified atom stereocenters. The lowest BCUT2D eigenvalue weighted by Crippen LogP contribution is -2.20. The SMILES string of the molecule is Cc1cccc(NC(=O)CCC(=O)NN=CC=Cc2ccccc2)c1C. The number of carbonyl (C=O) groups is 2. The standard InChI is InChI=1S/C21H23N3O2/c1-16-8-6-12-19(17(16)2)23-20(25)13-14-21(26)24-22-15-7-11-18-9-4-3-5-10-18/h3-12,15H,13-14H2,1-2H3,(H,23,25)(H,24,26). The molecule has 0 fully saturated rings. The molecule has 26 heavy (non-hydrogen) atoms. The number of hydrogen-bond donors (Lipinski definition) is 2. The van der Waals surface area contributed by atoms with Gasteiger partial charge in [-0.2, -0.15) is 5.10 Å². The molecule has 0 saturated carbocycles. The van der Waals surface area contributed by atoms with E-state index in [-0.39, 0.29) is 24.7 Å². The Kier molecular flexibility index (Phi) is 7.31. The van der Waals surface area contributed by atoms with E-state index >= 15 is 0 Å². The first-order valence-electron chi connectivity index (χ1n) is 8.46. The van der Waals surface area contributed by atoms with Crippen LogP contribution in [0.2, 0.25) is 0 Å². The Hall–Kier alpha value is -3.21. The van der Waals surface area contributed by atoms with Gasteiger partial charge in [-0.05, 0) is 42.7 Å². The fraction of sp³-hybridized carbons (Fsp3) is 0.190. The minimum atomic E-state index is -0.300. The summed E-state index contributed by atoms with van der Waals surface area (Å²) < 4.78 is 0. The summed E-state index contributed by atoms with van der Waals surface area (Å²) in [6, 6.07) is 15.5. The van der Waals surface area contributed by atoms with Crippen LogP contribution in [0.25, 0.3) is 6.08 Å². The summed E-state index contributed by atoms with van der Waals surface area (Å²) in [4.78, 5) is 23.7. The molecule has 0 heterocycles. The topological polar surface area (TPSA) is 70.6 Å². The van der Waals surface area contributed by atoms with Crippen LogP contribution in [0.3, 0.4) is 0 Å². The predicted molar refractivity (Wildman–Crippen MR) is 106 cm³/mol. The summed E-state index contributed by atoms with van der Waals surface area (Å²) in [5, 5.41) is 6.66. The maximum Gasteiger partial charge on any atom is 0.240 e. The first kappa shape index (κ1) is 19.1. The van der Waals surface area contributed by atoms with Crippen molar-refractivity contribution in [3.63, 3.8) is 0 Å². The first-order valence-corrected chi connectivity index (χ1v) is 8.46. The number of benzene rings is 2. The van der Waals surface area contributed by atoms with Gasteiger partial charge in [0.25, 0.3) is 0 Å². The van der Waals surface area contributed by atoms with Gasteiger partial charge in [0.15, 0.2) is 0 Å². The van der Waals surface area contributed by atoms with Crippen molar-refractivity contribution < 1.29 is 9.59 Å². The van der Waals surface area contributed by atoms with Gasteiger partial charge < -0.3 is 5.32 Å². The van der Waals surface area contributed by atoms with Crippen molar-refractivity contribution in [3.05, 3.63) is 71.3 Å². The molecule has 134 valence electrons. The van der Waals surface area contributed by atoms with Crippen LogP contribution in [0.4, 0.5) is 5.69 Å². The summed E-state index contributed by atoms with van der Waals surface area (Å²) in [7, 11) is 0. The Morgan fingerprint density at radius 2 is 1.69 bits per heavy atom. The third-order valence-electron chi connectivity index (χ3n) is 3.90. The highest BCUT2D eigenvalue weighted by Crippen LogP contribution is 2.18. The molecule has 0 bridgehead atoms. The molecule has 2 amide bonds. The van der Waals surface area contributed by atoms with Crippen LogP contribution in [0.5, 0.6) is 0 Å². The largest absolute Gasteiger partial charge is 0.326 e. The van der Waals surface area contributed by atoms with Crippen molar-refractivity contribution in [1.29, 1.82) is 0 Å². The predicted octanol–water partition coefficient (Wildman–Crippen LogP) is 3.84. The van der Waals surface area contributed by atoms with Gasteiger partial charge in [0, 0.05) is 24.7 Å². The van der Waals surface area contributed by atoms with Crippen molar-refractivity contribution in [2.24, 2.45) is 5.10 Å². The number of carbonyl (C=O) groups excluding carboxylic acids is 2. The minimum absolute atomic E-state index is 0.0798. The van der Waals surface area contributed by atoms with Gasteiger partial charge in [0.05, 0.1) is 0 Å². The lowest BCUT2D eigenvalue weighted by Gasteiger charge is -2.10. The Balaban J connectivity index is 1.71. The van der Waals surface area contributed by atoms with Crippen LogP contribution < -0.4 is 10.7 Å². The van der Waals surface area contributed by atoms with E-state index in [9.17, 15) is 9.59 Å². The van der Waals surface area contributed by atoms with Gasteiger partial charge in [0.2, 0.25) is 11.8 Å². The zero-order valence-corrected chi connectivity index (χ0v) is 15.0. The van der Waals surface area contributed by atoms with E-state index in [1.165, 1.54) is 6.21 Å². The van der Waals surface area contributed by atoms with Crippen LogP contribution in [0.1, 0.15) is 29.5 Å². The Labute approximate surface area is 153 Å². The van der Waals surface area contributed by atoms with Crippen LogP contribution in [-0.4, -0.2) is 18.0 Å². The number of allylic oxidation sites excluding steroid dienone is 1. The van der Waals surface area contributed by atoms with Crippen molar-refractivity contribution >= 4 is 29.8 Å². The number of anilines is 1.